The molecular weight excluding hydrogens is 432 g/mol. The van der Waals surface area contributed by atoms with E-state index in [1.54, 1.807) is 12.1 Å². The highest BCUT2D eigenvalue weighted by molar-refractivity contribution is 9.10. The molecule has 2 aromatic carbocycles. The molecule has 1 N–H and O–H groups in total. The summed E-state index contributed by atoms with van der Waals surface area (Å²) in [6, 6.07) is 12.3. The van der Waals surface area contributed by atoms with E-state index in [1.165, 1.54) is 13.2 Å². The highest BCUT2D eigenvalue weighted by atomic mass is 79.9. The lowest BCUT2D eigenvalue weighted by Crippen LogP contribution is -2.23. The number of aromatic nitrogens is 1. The number of nitrogens with one attached hydrogen (secondary N) is 1. The summed E-state index contributed by atoms with van der Waals surface area (Å²) in [5.74, 6) is 0.799. The number of ether oxygens (including phenoxy) is 1. The number of nitrogens with zero attached hydrogens (tertiary/aromatic N) is 1. The second kappa shape index (κ2) is 7.84. The van der Waals surface area contributed by atoms with Gasteiger partial charge >= 0.3 is 0 Å². The Morgan fingerprint density at radius 2 is 1.96 bits per heavy atom. The number of hydrogen-bond acceptors (Lipinski definition) is 5. The summed E-state index contributed by atoms with van der Waals surface area (Å²) in [4.78, 5) is 0.0472. The quantitative estimate of drug-likeness (QED) is 0.608. The van der Waals surface area contributed by atoms with Gasteiger partial charge in [0.15, 0.2) is 5.76 Å². The van der Waals surface area contributed by atoms with Gasteiger partial charge in [0.25, 0.3) is 0 Å². The smallest absolute Gasteiger partial charge is 0.244 e. The maximum Gasteiger partial charge on any atom is 0.244 e. The fourth-order valence-corrected chi connectivity index (χ4v) is 4.27. The lowest BCUT2D eigenvalue weighted by molar-refractivity contribution is 0.402. The van der Waals surface area contributed by atoms with Crippen LogP contribution in [0, 0.1) is 13.8 Å². The Bertz CT molecular complexity index is 1080. The maximum atomic E-state index is 12.9. The third-order valence-corrected chi connectivity index (χ3v) is 6.14. The molecule has 0 fully saturated rings. The number of rotatable bonds is 6. The SMILES string of the molecule is COc1ccc(-c2onc(C)c2C)cc1S(=O)(=O)NCc1cccc(Br)c1. The number of methoxy groups -OCH3 is 1. The van der Waals surface area contributed by atoms with Gasteiger partial charge in [-0.3, -0.25) is 0 Å². The van der Waals surface area contributed by atoms with Crippen molar-refractivity contribution in [1.29, 1.82) is 0 Å². The number of aryl methyl sites for hydroxylation is 1. The number of sulfonamides is 1. The predicted octanol–water partition coefficient (Wildman–Crippen LogP) is 4.21. The van der Waals surface area contributed by atoms with E-state index < -0.39 is 10.0 Å². The molecule has 0 aliphatic heterocycles. The summed E-state index contributed by atoms with van der Waals surface area (Å²) in [5, 5.41) is 3.94. The van der Waals surface area contributed by atoms with Crippen molar-refractivity contribution in [2.24, 2.45) is 0 Å². The van der Waals surface area contributed by atoms with Gasteiger partial charge in [0, 0.05) is 22.1 Å². The van der Waals surface area contributed by atoms with Crippen molar-refractivity contribution in [3.63, 3.8) is 0 Å². The third-order valence-electron chi connectivity index (χ3n) is 4.23. The highest BCUT2D eigenvalue weighted by Gasteiger charge is 2.22. The molecule has 8 heteroatoms. The molecule has 0 radical (unpaired) electrons. The Morgan fingerprint density at radius 1 is 1.19 bits per heavy atom. The van der Waals surface area contributed by atoms with E-state index in [0.29, 0.717) is 11.3 Å². The lowest BCUT2D eigenvalue weighted by atomic mass is 10.1. The van der Waals surface area contributed by atoms with Crippen molar-refractivity contribution in [3.8, 4) is 17.1 Å². The van der Waals surface area contributed by atoms with Gasteiger partial charge in [-0.15, -0.1) is 0 Å². The maximum absolute atomic E-state index is 12.9. The van der Waals surface area contributed by atoms with Crippen LogP contribution in [-0.2, 0) is 16.6 Å². The molecule has 0 unspecified atom stereocenters. The molecule has 1 aromatic heterocycles. The fourth-order valence-electron chi connectivity index (χ4n) is 2.62. The second-order valence-electron chi connectivity index (χ2n) is 6.04. The van der Waals surface area contributed by atoms with Crippen LogP contribution in [0.1, 0.15) is 16.8 Å². The van der Waals surface area contributed by atoms with E-state index in [2.05, 4.69) is 25.8 Å². The summed E-state index contributed by atoms with van der Waals surface area (Å²) >= 11 is 3.38. The van der Waals surface area contributed by atoms with Crippen LogP contribution in [-0.4, -0.2) is 20.7 Å². The first-order valence-electron chi connectivity index (χ1n) is 8.17. The van der Waals surface area contributed by atoms with E-state index in [-0.39, 0.29) is 17.2 Å². The molecule has 0 aliphatic carbocycles. The second-order valence-corrected chi connectivity index (χ2v) is 8.69. The van der Waals surface area contributed by atoms with E-state index >= 15 is 0 Å². The van der Waals surface area contributed by atoms with Gasteiger partial charge in [0.2, 0.25) is 10.0 Å². The first-order chi connectivity index (χ1) is 12.8. The lowest BCUT2D eigenvalue weighted by Gasteiger charge is -2.12. The van der Waals surface area contributed by atoms with Crippen LogP contribution in [0.2, 0.25) is 0 Å². The zero-order chi connectivity index (χ0) is 19.6. The Hall–Kier alpha value is -2.16. The van der Waals surface area contributed by atoms with E-state index in [1.807, 2.05) is 38.1 Å². The van der Waals surface area contributed by atoms with Crippen molar-refractivity contribution < 1.29 is 17.7 Å². The number of benzene rings is 2. The minimum Gasteiger partial charge on any atom is -0.495 e. The molecule has 0 bridgehead atoms. The van der Waals surface area contributed by atoms with Gasteiger partial charge in [-0.25, -0.2) is 13.1 Å². The molecule has 0 atom stereocenters. The Labute approximate surface area is 166 Å². The van der Waals surface area contributed by atoms with Gasteiger partial charge < -0.3 is 9.26 Å². The van der Waals surface area contributed by atoms with Crippen LogP contribution in [0.25, 0.3) is 11.3 Å². The zero-order valence-electron chi connectivity index (χ0n) is 15.1. The van der Waals surface area contributed by atoms with E-state index in [4.69, 9.17) is 9.26 Å². The summed E-state index contributed by atoms with van der Waals surface area (Å²) in [5.41, 5.74) is 3.09. The highest BCUT2D eigenvalue weighted by Crippen LogP contribution is 2.32. The molecule has 1 heterocycles. The minimum absolute atomic E-state index is 0.0472. The molecule has 3 aromatic rings. The Morgan fingerprint density at radius 3 is 2.59 bits per heavy atom. The molecular formula is C19H19BrN2O4S. The summed E-state index contributed by atoms with van der Waals surface area (Å²) in [6.45, 7) is 3.88. The fraction of sp³-hybridized carbons (Fsp3) is 0.211. The van der Waals surface area contributed by atoms with Crippen molar-refractivity contribution in [3.05, 3.63) is 63.8 Å². The molecule has 0 spiro atoms. The van der Waals surface area contributed by atoms with Gasteiger partial charge in [0.1, 0.15) is 10.6 Å². The van der Waals surface area contributed by atoms with Crippen LogP contribution >= 0.6 is 15.9 Å². The average molecular weight is 451 g/mol. The zero-order valence-corrected chi connectivity index (χ0v) is 17.5. The summed E-state index contributed by atoms with van der Waals surface area (Å²) < 4.78 is 39.9. The van der Waals surface area contributed by atoms with Crippen molar-refractivity contribution in [2.45, 2.75) is 25.3 Å². The molecule has 27 heavy (non-hydrogen) atoms. The standard InChI is InChI=1S/C19H19BrN2O4S/c1-12-13(2)22-26-19(12)15-7-8-17(25-3)18(10-15)27(23,24)21-11-14-5-4-6-16(20)9-14/h4-10,21H,11H2,1-3H3. The van der Waals surface area contributed by atoms with Crippen LogP contribution in [0.3, 0.4) is 0 Å². The molecule has 142 valence electrons. The predicted molar refractivity (Wildman–Crippen MR) is 106 cm³/mol. The van der Waals surface area contributed by atoms with Gasteiger partial charge in [-0.05, 0) is 49.7 Å². The van der Waals surface area contributed by atoms with Gasteiger partial charge in [-0.2, -0.15) is 0 Å². The molecule has 6 nitrogen and oxygen atoms in total. The molecule has 0 amide bonds. The normalized spacial score (nSPS) is 11.6. The summed E-state index contributed by atoms with van der Waals surface area (Å²) in [7, 11) is -2.37. The van der Waals surface area contributed by atoms with Gasteiger partial charge in [0.05, 0.1) is 12.8 Å². The van der Waals surface area contributed by atoms with Crippen LogP contribution < -0.4 is 9.46 Å². The topological polar surface area (TPSA) is 81.4 Å². The third kappa shape index (κ3) is 4.23. The van der Waals surface area contributed by atoms with Crippen molar-refractivity contribution in [1.82, 2.24) is 9.88 Å². The summed E-state index contributed by atoms with van der Waals surface area (Å²) in [6.07, 6.45) is 0. The Balaban J connectivity index is 1.95. The first kappa shape index (κ1) is 19.6. The van der Waals surface area contributed by atoms with Crippen LogP contribution in [0.15, 0.2) is 56.4 Å². The molecule has 3 rings (SSSR count). The Kier molecular flexibility index (Phi) is 5.69. The number of hydrogen-bond donors (Lipinski definition) is 1. The molecule has 0 saturated carbocycles. The molecule has 0 aliphatic rings. The van der Waals surface area contributed by atoms with E-state index in [0.717, 1.165) is 21.3 Å². The largest absolute Gasteiger partial charge is 0.495 e. The molecule has 0 saturated heterocycles. The van der Waals surface area contributed by atoms with Crippen LogP contribution in [0.5, 0.6) is 5.75 Å². The van der Waals surface area contributed by atoms with Crippen molar-refractivity contribution in [2.75, 3.05) is 7.11 Å². The minimum atomic E-state index is -3.80. The monoisotopic (exact) mass is 450 g/mol. The first-order valence-corrected chi connectivity index (χ1v) is 10.4. The van der Waals surface area contributed by atoms with Gasteiger partial charge in [-0.1, -0.05) is 33.2 Å². The van der Waals surface area contributed by atoms with Crippen LogP contribution in [0.4, 0.5) is 0 Å². The van der Waals surface area contributed by atoms with Crippen molar-refractivity contribution >= 4 is 26.0 Å². The average Bonchev–Trinajstić information content (AvgIpc) is 2.98. The number of halogens is 1. The van der Waals surface area contributed by atoms with E-state index in [9.17, 15) is 8.42 Å².